The maximum absolute atomic E-state index is 12.4. The number of piperazine rings is 1. The van der Waals surface area contributed by atoms with Gasteiger partial charge in [0, 0.05) is 23.4 Å². The van der Waals surface area contributed by atoms with Gasteiger partial charge in [-0.25, -0.2) is 0 Å². The first-order valence-electron chi connectivity index (χ1n) is 9.73. The molecule has 1 aliphatic rings. The minimum atomic E-state index is -0.0136. The second-order valence-electron chi connectivity index (χ2n) is 7.08. The van der Waals surface area contributed by atoms with E-state index in [1.165, 1.54) is 10.5 Å². The quantitative estimate of drug-likeness (QED) is 0.730. The molecule has 3 rings (SSSR count). The Morgan fingerprint density at radius 3 is 2.32 bits per heavy atom. The highest BCUT2D eigenvalue weighted by molar-refractivity contribution is 6.30. The summed E-state index contributed by atoms with van der Waals surface area (Å²) in [5.41, 5.74) is 1.82. The topological polar surface area (TPSA) is 41.8 Å². The number of amides is 1. The first kappa shape index (κ1) is 20.3. The molecule has 1 N–H and O–H groups in total. The number of ketones is 1. The minimum Gasteiger partial charge on any atom is -0.331 e. The second kappa shape index (κ2) is 10.2. The Balaban J connectivity index is 1.38. The number of hydrogen-bond acceptors (Lipinski definition) is 2. The summed E-state index contributed by atoms with van der Waals surface area (Å²) in [6, 6.07) is 17.1. The Morgan fingerprint density at radius 1 is 0.964 bits per heavy atom. The molecule has 1 amide bonds. The summed E-state index contributed by atoms with van der Waals surface area (Å²) in [6.07, 6.45) is 4.86. The van der Waals surface area contributed by atoms with E-state index in [1.807, 2.05) is 23.1 Å². The lowest BCUT2D eigenvalue weighted by atomic mass is 10.1. The van der Waals surface area contributed by atoms with Crippen molar-refractivity contribution in [3.05, 3.63) is 76.8 Å². The van der Waals surface area contributed by atoms with Gasteiger partial charge in [0.15, 0.2) is 5.78 Å². The zero-order valence-electron chi connectivity index (χ0n) is 15.9. The molecule has 5 heteroatoms. The van der Waals surface area contributed by atoms with Crippen molar-refractivity contribution < 1.29 is 14.5 Å². The van der Waals surface area contributed by atoms with E-state index in [-0.39, 0.29) is 24.5 Å². The van der Waals surface area contributed by atoms with Crippen LogP contribution in [0.25, 0.3) is 6.08 Å². The summed E-state index contributed by atoms with van der Waals surface area (Å²) in [5.74, 6) is 0.0570. The van der Waals surface area contributed by atoms with Gasteiger partial charge in [-0.3, -0.25) is 9.59 Å². The molecule has 2 aromatic carbocycles. The average molecular weight is 398 g/mol. The monoisotopic (exact) mass is 397 g/mol. The summed E-state index contributed by atoms with van der Waals surface area (Å²) < 4.78 is 0. The van der Waals surface area contributed by atoms with Gasteiger partial charge in [-0.05, 0) is 35.9 Å². The number of nitrogens with zero attached hydrogens (tertiary/aromatic N) is 1. The molecule has 0 unspecified atom stereocenters. The fraction of sp³-hybridized carbons (Fsp3) is 0.304. The van der Waals surface area contributed by atoms with Gasteiger partial charge in [0.25, 0.3) is 0 Å². The Labute approximate surface area is 171 Å². The van der Waals surface area contributed by atoms with E-state index in [0.29, 0.717) is 10.6 Å². The van der Waals surface area contributed by atoms with Crippen LogP contribution in [0.1, 0.15) is 28.8 Å². The first-order valence-corrected chi connectivity index (χ1v) is 10.1. The minimum absolute atomic E-state index is 0.0136. The number of rotatable bonds is 7. The van der Waals surface area contributed by atoms with Gasteiger partial charge in [0.1, 0.15) is 0 Å². The number of quaternary nitrogens is 1. The summed E-state index contributed by atoms with van der Waals surface area (Å²) in [7, 11) is 0. The molecule has 0 atom stereocenters. The van der Waals surface area contributed by atoms with Gasteiger partial charge < -0.3 is 9.80 Å². The van der Waals surface area contributed by atoms with Crippen LogP contribution in [0.15, 0.2) is 60.7 Å². The molecule has 2 aromatic rings. The van der Waals surface area contributed by atoms with Gasteiger partial charge in [-0.2, -0.15) is 0 Å². The number of hydrogen-bond donors (Lipinski definition) is 1. The third-order valence-electron chi connectivity index (χ3n) is 5.07. The lowest BCUT2D eigenvalue weighted by Crippen LogP contribution is -3.14. The summed E-state index contributed by atoms with van der Waals surface area (Å²) in [6.45, 7) is 4.35. The maximum atomic E-state index is 12.4. The van der Waals surface area contributed by atoms with E-state index < -0.39 is 0 Å². The van der Waals surface area contributed by atoms with Crippen LogP contribution in [-0.2, 0) is 4.79 Å². The molecule has 0 aliphatic carbocycles. The van der Waals surface area contributed by atoms with E-state index in [0.717, 1.165) is 32.7 Å². The number of carbonyl (C=O) groups is 2. The van der Waals surface area contributed by atoms with Crippen LogP contribution in [0.4, 0.5) is 0 Å². The Hall–Kier alpha value is -2.43. The molecule has 0 radical (unpaired) electrons. The molecule has 1 aliphatic heterocycles. The Morgan fingerprint density at radius 2 is 1.64 bits per heavy atom. The van der Waals surface area contributed by atoms with Crippen LogP contribution in [0, 0.1) is 0 Å². The van der Waals surface area contributed by atoms with E-state index in [1.54, 1.807) is 24.3 Å². The Bertz CT molecular complexity index is 810. The van der Waals surface area contributed by atoms with Gasteiger partial charge in [-0.15, -0.1) is 0 Å². The normalized spacial score (nSPS) is 15.1. The lowest BCUT2D eigenvalue weighted by molar-refractivity contribution is -0.898. The molecule has 4 nitrogen and oxygen atoms in total. The summed E-state index contributed by atoms with van der Waals surface area (Å²) in [4.78, 5) is 28.0. The molecule has 28 heavy (non-hydrogen) atoms. The maximum Gasteiger partial charge on any atom is 0.223 e. The number of halogens is 1. The van der Waals surface area contributed by atoms with E-state index >= 15 is 0 Å². The molecular weight excluding hydrogens is 372 g/mol. The van der Waals surface area contributed by atoms with Crippen LogP contribution in [0.3, 0.4) is 0 Å². The van der Waals surface area contributed by atoms with Crippen molar-refractivity contribution in [3.8, 4) is 0 Å². The van der Waals surface area contributed by atoms with Crippen LogP contribution >= 0.6 is 11.6 Å². The molecule has 1 saturated heterocycles. The SMILES string of the molecule is O=C(CCC(=O)N1CC[NH+](C/C=C/c2ccccc2)CC1)c1ccc(Cl)cc1. The van der Waals surface area contributed by atoms with E-state index in [9.17, 15) is 9.59 Å². The third-order valence-corrected chi connectivity index (χ3v) is 5.32. The molecule has 0 spiro atoms. The van der Waals surface area contributed by atoms with Crippen LogP contribution in [0.5, 0.6) is 0 Å². The lowest BCUT2D eigenvalue weighted by Gasteiger charge is -2.31. The summed E-state index contributed by atoms with van der Waals surface area (Å²) in [5, 5.41) is 0.603. The van der Waals surface area contributed by atoms with Crippen molar-refractivity contribution in [3.63, 3.8) is 0 Å². The number of Topliss-reactive ketones (excluding diaryl/α,β-unsaturated/α-hetero) is 1. The zero-order chi connectivity index (χ0) is 19.8. The Kier molecular flexibility index (Phi) is 7.40. The molecule has 1 fully saturated rings. The van der Waals surface area contributed by atoms with Crippen LogP contribution in [0.2, 0.25) is 5.02 Å². The van der Waals surface area contributed by atoms with Crippen molar-refractivity contribution in [1.29, 1.82) is 0 Å². The van der Waals surface area contributed by atoms with Gasteiger partial charge in [-0.1, -0.05) is 48.0 Å². The predicted molar refractivity (Wildman–Crippen MR) is 113 cm³/mol. The standard InChI is InChI=1S/C23H25ClN2O2/c24-21-10-8-20(9-11-21)22(27)12-13-23(28)26-17-15-25(16-18-26)14-4-7-19-5-2-1-3-6-19/h1-11H,12-18H2/p+1/b7-4+. The van der Waals surface area contributed by atoms with Crippen molar-refractivity contribution >= 4 is 29.4 Å². The first-order chi connectivity index (χ1) is 13.6. The largest absolute Gasteiger partial charge is 0.331 e. The van der Waals surface area contributed by atoms with E-state index in [2.05, 4.69) is 24.3 Å². The van der Waals surface area contributed by atoms with Gasteiger partial charge >= 0.3 is 0 Å². The fourth-order valence-electron chi connectivity index (χ4n) is 3.36. The smallest absolute Gasteiger partial charge is 0.223 e. The number of carbonyl (C=O) groups excluding carboxylic acids is 2. The number of benzene rings is 2. The predicted octanol–water partition coefficient (Wildman–Crippen LogP) is 2.74. The van der Waals surface area contributed by atoms with Crippen molar-refractivity contribution in [2.45, 2.75) is 12.8 Å². The number of nitrogens with one attached hydrogen (secondary N) is 1. The molecule has 0 aromatic heterocycles. The molecule has 0 saturated carbocycles. The average Bonchev–Trinajstić information content (AvgIpc) is 2.73. The molecule has 1 heterocycles. The second-order valence-corrected chi connectivity index (χ2v) is 7.51. The molecule has 146 valence electrons. The zero-order valence-corrected chi connectivity index (χ0v) is 16.7. The molecule has 0 bridgehead atoms. The highest BCUT2D eigenvalue weighted by Gasteiger charge is 2.23. The van der Waals surface area contributed by atoms with E-state index in [4.69, 9.17) is 11.6 Å². The van der Waals surface area contributed by atoms with Crippen molar-refractivity contribution in [1.82, 2.24) is 4.90 Å². The van der Waals surface area contributed by atoms with Crippen molar-refractivity contribution in [2.75, 3.05) is 32.7 Å². The van der Waals surface area contributed by atoms with Gasteiger partial charge in [0.2, 0.25) is 5.91 Å². The highest BCUT2D eigenvalue weighted by Crippen LogP contribution is 2.12. The molecular formula is C23H26ClN2O2+. The van der Waals surface area contributed by atoms with Crippen molar-refractivity contribution in [2.24, 2.45) is 0 Å². The highest BCUT2D eigenvalue weighted by atomic mass is 35.5. The fourth-order valence-corrected chi connectivity index (χ4v) is 3.49. The third kappa shape index (κ3) is 6.04. The van der Waals surface area contributed by atoms with Crippen LogP contribution in [-0.4, -0.2) is 49.3 Å². The van der Waals surface area contributed by atoms with Gasteiger partial charge in [0.05, 0.1) is 32.7 Å². The summed E-state index contributed by atoms with van der Waals surface area (Å²) >= 11 is 5.84. The van der Waals surface area contributed by atoms with Crippen LogP contribution < -0.4 is 4.90 Å².